The molecule has 12 heavy (non-hydrogen) atoms. The van der Waals surface area contributed by atoms with Crippen LogP contribution < -0.4 is 5.32 Å². The number of rotatable bonds is 3. The molecule has 1 rings (SSSR count). The first-order valence-corrected chi connectivity index (χ1v) is 4.79. The van der Waals surface area contributed by atoms with Crippen LogP contribution in [0.1, 0.15) is 26.7 Å². The van der Waals surface area contributed by atoms with Gasteiger partial charge in [-0.15, -0.1) is 0 Å². The fourth-order valence-corrected chi connectivity index (χ4v) is 1.75. The van der Waals surface area contributed by atoms with Gasteiger partial charge in [0.1, 0.15) is 0 Å². The van der Waals surface area contributed by atoms with E-state index < -0.39 is 0 Å². The molecular formula is C9H18N2O. The zero-order valence-corrected chi connectivity index (χ0v) is 7.97. The second kappa shape index (κ2) is 4.45. The zero-order valence-electron chi connectivity index (χ0n) is 7.97. The molecule has 0 aromatic carbocycles. The molecule has 0 aromatic heterocycles. The monoisotopic (exact) mass is 170 g/mol. The van der Waals surface area contributed by atoms with E-state index in [2.05, 4.69) is 5.32 Å². The molecule has 3 heteroatoms. The molecule has 0 aliphatic carbocycles. The van der Waals surface area contributed by atoms with Crippen molar-refractivity contribution in [2.24, 2.45) is 0 Å². The van der Waals surface area contributed by atoms with Gasteiger partial charge in [-0.25, -0.2) is 0 Å². The fraction of sp³-hybridized carbons (Fsp3) is 0.889. The lowest BCUT2D eigenvalue weighted by Crippen LogP contribution is -2.40. The van der Waals surface area contributed by atoms with Crippen LogP contribution in [-0.2, 0) is 4.79 Å². The quantitative estimate of drug-likeness (QED) is 0.673. The lowest BCUT2D eigenvalue weighted by atomic mass is 10.2. The van der Waals surface area contributed by atoms with Crippen LogP contribution >= 0.6 is 0 Å². The maximum atomic E-state index is 11.4. The molecule has 1 saturated heterocycles. The van der Waals surface area contributed by atoms with E-state index >= 15 is 0 Å². The van der Waals surface area contributed by atoms with Gasteiger partial charge in [0.25, 0.3) is 0 Å². The minimum Gasteiger partial charge on any atom is -0.339 e. The number of hydrogen-bond acceptors (Lipinski definition) is 2. The Morgan fingerprint density at radius 3 is 2.75 bits per heavy atom. The summed E-state index contributed by atoms with van der Waals surface area (Å²) in [5, 5.41) is 3.27. The van der Waals surface area contributed by atoms with Gasteiger partial charge in [0.05, 0.1) is 0 Å². The number of hydrogen-bond donors (Lipinski definition) is 1. The van der Waals surface area contributed by atoms with Gasteiger partial charge in [0, 0.05) is 25.6 Å². The molecule has 0 saturated carbocycles. The van der Waals surface area contributed by atoms with E-state index in [0.717, 1.165) is 26.1 Å². The second-order valence-corrected chi connectivity index (χ2v) is 3.18. The van der Waals surface area contributed by atoms with E-state index in [1.54, 1.807) is 0 Å². The zero-order chi connectivity index (χ0) is 8.97. The average molecular weight is 170 g/mol. The van der Waals surface area contributed by atoms with Crippen molar-refractivity contribution < 1.29 is 4.79 Å². The number of likely N-dealkylation sites (N-methyl/N-ethyl adjacent to an activating group) is 1. The van der Waals surface area contributed by atoms with Gasteiger partial charge >= 0.3 is 0 Å². The Morgan fingerprint density at radius 2 is 2.33 bits per heavy atom. The number of amides is 1. The highest BCUT2D eigenvalue weighted by molar-refractivity contribution is 5.76. The minimum atomic E-state index is 0.284. The van der Waals surface area contributed by atoms with Gasteiger partial charge in [-0.1, -0.05) is 6.92 Å². The van der Waals surface area contributed by atoms with Crippen LogP contribution in [0.4, 0.5) is 0 Å². The molecule has 0 spiro atoms. The van der Waals surface area contributed by atoms with Crippen molar-refractivity contribution in [2.45, 2.75) is 32.7 Å². The van der Waals surface area contributed by atoms with Crippen molar-refractivity contribution in [3.63, 3.8) is 0 Å². The Hall–Kier alpha value is -0.570. The number of carbonyl (C=O) groups is 1. The van der Waals surface area contributed by atoms with E-state index in [9.17, 15) is 4.79 Å². The van der Waals surface area contributed by atoms with Gasteiger partial charge in [0.15, 0.2) is 0 Å². The van der Waals surface area contributed by atoms with Gasteiger partial charge in [-0.05, 0) is 19.9 Å². The maximum Gasteiger partial charge on any atom is 0.222 e. The first-order chi connectivity index (χ1) is 5.79. The number of nitrogens with zero attached hydrogens (tertiary/aromatic N) is 1. The summed E-state index contributed by atoms with van der Waals surface area (Å²) >= 11 is 0. The number of carbonyl (C=O) groups excluding carboxylic acids is 1. The third-order valence-corrected chi connectivity index (χ3v) is 2.44. The summed E-state index contributed by atoms with van der Waals surface area (Å²) in [5.41, 5.74) is 0. The van der Waals surface area contributed by atoms with E-state index in [1.807, 2.05) is 18.7 Å². The molecule has 70 valence electrons. The normalized spacial score (nSPS) is 22.7. The summed E-state index contributed by atoms with van der Waals surface area (Å²) < 4.78 is 0. The maximum absolute atomic E-state index is 11.4. The van der Waals surface area contributed by atoms with E-state index in [4.69, 9.17) is 0 Å². The largest absolute Gasteiger partial charge is 0.339 e. The van der Waals surface area contributed by atoms with Crippen LogP contribution in [0.5, 0.6) is 0 Å². The van der Waals surface area contributed by atoms with Gasteiger partial charge in [-0.3, -0.25) is 4.79 Å². The molecule has 0 bridgehead atoms. The van der Waals surface area contributed by atoms with Gasteiger partial charge in [0.2, 0.25) is 5.91 Å². The minimum absolute atomic E-state index is 0.284. The second-order valence-electron chi connectivity index (χ2n) is 3.18. The Balaban J connectivity index is 2.48. The molecular weight excluding hydrogens is 152 g/mol. The third kappa shape index (κ3) is 1.97. The Labute approximate surface area is 74.1 Å². The molecule has 0 aromatic rings. The molecule has 1 aliphatic rings. The van der Waals surface area contributed by atoms with Crippen molar-refractivity contribution in [2.75, 3.05) is 19.6 Å². The highest BCUT2D eigenvalue weighted by Crippen LogP contribution is 2.09. The standard InChI is InChI=1S/C9H18N2O/c1-3-9(12)11(4-2)8-5-6-10-7-8/h8,10H,3-7H2,1-2H3. The molecule has 1 amide bonds. The predicted molar refractivity (Wildman–Crippen MR) is 49.0 cm³/mol. The van der Waals surface area contributed by atoms with Crippen molar-refractivity contribution in [1.82, 2.24) is 10.2 Å². The van der Waals surface area contributed by atoms with Crippen LogP contribution in [-0.4, -0.2) is 36.5 Å². The summed E-state index contributed by atoms with van der Waals surface area (Å²) in [6.07, 6.45) is 1.74. The fourth-order valence-electron chi connectivity index (χ4n) is 1.75. The van der Waals surface area contributed by atoms with Crippen LogP contribution in [0.25, 0.3) is 0 Å². The molecule has 3 nitrogen and oxygen atoms in total. The molecule has 1 unspecified atom stereocenters. The van der Waals surface area contributed by atoms with E-state index in [1.165, 1.54) is 0 Å². The lowest BCUT2D eigenvalue weighted by Gasteiger charge is -2.26. The van der Waals surface area contributed by atoms with Crippen LogP contribution in [0, 0.1) is 0 Å². The van der Waals surface area contributed by atoms with Crippen LogP contribution in [0.2, 0.25) is 0 Å². The third-order valence-electron chi connectivity index (χ3n) is 2.44. The summed E-state index contributed by atoms with van der Waals surface area (Å²) in [6, 6.07) is 0.447. The SMILES string of the molecule is CCC(=O)N(CC)C1CCNC1. The number of nitrogens with one attached hydrogen (secondary N) is 1. The van der Waals surface area contributed by atoms with E-state index in [-0.39, 0.29) is 5.91 Å². The molecule has 0 radical (unpaired) electrons. The topological polar surface area (TPSA) is 32.3 Å². The molecule has 1 aliphatic heterocycles. The van der Waals surface area contributed by atoms with Gasteiger partial charge in [-0.2, -0.15) is 0 Å². The Kier molecular flexibility index (Phi) is 3.53. The van der Waals surface area contributed by atoms with Crippen molar-refractivity contribution in [1.29, 1.82) is 0 Å². The van der Waals surface area contributed by atoms with Gasteiger partial charge < -0.3 is 10.2 Å². The smallest absolute Gasteiger partial charge is 0.222 e. The highest BCUT2D eigenvalue weighted by atomic mass is 16.2. The first kappa shape index (κ1) is 9.52. The van der Waals surface area contributed by atoms with Crippen molar-refractivity contribution in [3.05, 3.63) is 0 Å². The predicted octanol–water partition coefficient (Wildman–Crippen LogP) is 0.607. The van der Waals surface area contributed by atoms with Crippen molar-refractivity contribution in [3.8, 4) is 0 Å². The van der Waals surface area contributed by atoms with Crippen molar-refractivity contribution >= 4 is 5.91 Å². The summed E-state index contributed by atoms with van der Waals surface area (Å²) in [5.74, 6) is 0.284. The van der Waals surface area contributed by atoms with Crippen LogP contribution in [0.3, 0.4) is 0 Å². The van der Waals surface area contributed by atoms with Crippen LogP contribution in [0.15, 0.2) is 0 Å². The summed E-state index contributed by atoms with van der Waals surface area (Å²) in [7, 11) is 0. The molecule has 1 fully saturated rings. The lowest BCUT2D eigenvalue weighted by molar-refractivity contribution is -0.132. The first-order valence-electron chi connectivity index (χ1n) is 4.79. The average Bonchev–Trinajstić information content (AvgIpc) is 2.58. The summed E-state index contributed by atoms with van der Waals surface area (Å²) in [4.78, 5) is 13.4. The molecule has 1 heterocycles. The molecule has 1 N–H and O–H groups in total. The highest BCUT2D eigenvalue weighted by Gasteiger charge is 2.23. The molecule has 1 atom stereocenters. The van der Waals surface area contributed by atoms with E-state index in [0.29, 0.717) is 12.5 Å². The Bertz CT molecular complexity index is 153. The Morgan fingerprint density at radius 1 is 1.58 bits per heavy atom. The summed E-state index contributed by atoms with van der Waals surface area (Å²) in [6.45, 7) is 6.84.